The fraction of sp³-hybridized carbons (Fsp3) is 0.750. The van der Waals surface area contributed by atoms with E-state index in [0.717, 1.165) is 0 Å². The smallest absolute Gasteiger partial charge is 0.353 e. The molecule has 2 fully saturated rings. The molecule has 21 heavy (non-hydrogen) atoms. The van der Waals surface area contributed by atoms with Gasteiger partial charge in [-0.25, -0.2) is 0 Å². The minimum atomic E-state index is -0.875. The van der Waals surface area contributed by atoms with Crippen molar-refractivity contribution in [3.05, 3.63) is 0 Å². The normalized spacial score (nSPS) is 34.4. The predicted molar refractivity (Wildman–Crippen MR) is 70.2 cm³/mol. The number of ether oxygens (including phenoxy) is 6. The minimum absolute atomic E-state index is 0.0465. The molecule has 0 aliphatic carbocycles. The predicted octanol–water partition coefficient (Wildman–Crippen LogP) is -0.0786. The summed E-state index contributed by atoms with van der Waals surface area (Å²) in [6, 6.07) is 0. The molecule has 5 atom stereocenters. The first-order chi connectivity index (χ1) is 9.92. The quantitative estimate of drug-likeness (QED) is 0.521. The van der Waals surface area contributed by atoms with Crippen molar-refractivity contribution < 1.29 is 38.0 Å². The molecule has 2 aliphatic heterocycles. The zero-order valence-corrected chi connectivity index (χ0v) is 12.6. The van der Waals surface area contributed by atoms with Gasteiger partial charge in [0.05, 0.1) is 0 Å². The number of esters is 2. The zero-order chi connectivity index (χ0) is 15.6. The Hall–Kier alpha value is -1.45. The Bertz CT molecular complexity index is 439. The van der Waals surface area contributed by atoms with Gasteiger partial charge in [-0.1, -0.05) is 0 Å². The number of methoxy groups -OCH3 is 1. The van der Waals surface area contributed by atoms with Crippen molar-refractivity contribution in [2.45, 2.75) is 44.6 Å². The van der Waals surface area contributed by atoms with E-state index < -0.39 is 42.6 Å². The van der Waals surface area contributed by atoms with Crippen LogP contribution in [-0.4, -0.2) is 61.6 Å². The van der Waals surface area contributed by atoms with Gasteiger partial charge < -0.3 is 28.4 Å². The van der Waals surface area contributed by atoms with E-state index >= 15 is 0 Å². The molecule has 118 valence electrons. The number of hydrogen-bond donors (Lipinski definition) is 0. The molecule has 2 aliphatic rings. The maximum Gasteiger partial charge on any atom is 0.353 e. The van der Waals surface area contributed by atoms with E-state index in [1.165, 1.54) is 21.0 Å². The standard InChI is InChI=1S/C12H16O8S/c1-5(13)16-4-7-8-9(20-12(21)19-8)10(17-6(2)14)11(15-3)18-7/h7-11H,4H2,1-3H3/t7-,8+,9+,10-,11-/m1/s1. The highest BCUT2D eigenvalue weighted by molar-refractivity contribution is 7.79. The van der Waals surface area contributed by atoms with Crippen LogP contribution in [0.4, 0.5) is 0 Å². The van der Waals surface area contributed by atoms with Gasteiger partial charge in [0.25, 0.3) is 0 Å². The summed E-state index contributed by atoms with van der Waals surface area (Å²) in [5.74, 6) is -0.961. The van der Waals surface area contributed by atoms with Crippen LogP contribution >= 0.6 is 12.2 Å². The lowest BCUT2D eigenvalue weighted by atomic mass is 9.99. The first kappa shape index (κ1) is 15.9. The van der Waals surface area contributed by atoms with E-state index in [-0.39, 0.29) is 11.8 Å². The number of rotatable bonds is 4. The molecule has 0 spiro atoms. The van der Waals surface area contributed by atoms with Crippen LogP contribution in [0.2, 0.25) is 0 Å². The fourth-order valence-electron chi connectivity index (χ4n) is 2.25. The average Bonchev–Trinajstić information content (AvgIpc) is 2.78. The second-order valence-corrected chi connectivity index (χ2v) is 4.90. The van der Waals surface area contributed by atoms with Crippen LogP contribution < -0.4 is 0 Å². The van der Waals surface area contributed by atoms with Crippen LogP contribution in [-0.2, 0) is 38.0 Å². The fourth-order valence-corrected chi connectivity index (χ4v) is 2.47. The van der Waals surface area contributed by atoms with Gasteiger partial charge in [0.2, 0.25) is 0 Å². The lowest BCUT2D eigenvalue weighted by molar-refractivity contribution is -0.279. The van der Waals surface area contributed by atoms with Crippen molar-refractivity contribution in [1.82, 2.24) is 0 Å². The van der Waals surface area contributed by atoms with Gasteiger partial charge in [-0.2, -0.15) is 0 Å². The third kappa shape index (κ3) is 3.60. The van der Waals surface area contributed by atoms with Gasteiger partial charge in [0, 0.05) is 33.2 Å². The monoisotopic (exact) mass is 320 g/mol. The highest BCUT2D eigenvalue weighted by Crippen LogP contribution is 2.33. The minimum Gasteiger partial charge on any atom is -0.463 e. The summed E-state index contributed by atoms with van der Waals surface area (Å²) < 4.78 is 31.6. The van der Waals surface area contributed by atoms with Gasteiger partial charge in [-0.3, -0.25) is 9.59 Å². The Balaban J connectivity index is 2.16. The molecule has 0 saturated carbocycles. The summed E-state index contributed by atoms with van der Waals surface area (Å²) in [5.41, 5.74) is 0. The van der Waals surface area contributed by atoms with E-state index in [1.54, 1.807) is 0 Å². The van der Waals surface area contributed by atoms with E-state index in [4.69, 9.17) is 40.6 Å². The highest BCUT2D eigenvalue weighted by atomic mass is 32.1. The molecule has 0 aromatic heterocycles. The first-order valence-electron chi connectivity index (χ1n) is 6.28. The van der Waals surface area contributed by atoms with E-state index in [2.05, 4.69) is 0 Å². The van der Waals surface area contributed by atoms with Gasteiger partial charge in [0.1, 0.15) is 12.7 Å². The van der Waals surface area contributed by atoms with Crippen molar-refractivity contribution in [1.29, 1.82) is 0 Å². The van der Waals surface area contributed by atoms with Crippen LogP contribution in [0.1, 0.15) is 13.8 Å². The lowest BCUT2D eigenvalue weighted by Crippen LogP contribution is -2.59. The molecule has 0 bridgehead atoms. The van der Waals surface area contributed by atoms with Gasteiger partial charge in [0.15, 0.2) is 24.6 Å². The van der Waals surface area contributed by atoms with E-state index in [9.17, 15) is 9.59 Å². The molecule has 2 rings (SSSR count). The van der Waals surface area contributed by atoms with Crippen LogP contribution in [0.5, 0.6) is 0 Å². The molecule has 0 unspecified atom stereocenters. The van der Waals surface area contributed by atoms with Crippen LogP contribution in [0.15, 0.2) is 0 Å². The van der Waals surface area contributed by atoms with Crippen LogP contribution in [0.25, 0.3) is 0 Å². The second kappa shape index (κ2) is 6.54. The molecule has 0 aromatic carbocycles. The van der Waals surface area contributed by atoms with Gasteiger partial charge in [-0.15, -0.1) is 0 Å². The van der Waals surface area contributed by atoms with Crippen molar-refractivity contribution in [2.24, 2.45) is 0 Å². The number of hydrogen-bond acceptors (Lipinski definition) is 9. The summed E-state index contributed by atoms with van der Waals surface area (Å²) >= 11 is 4.87. The van der Waals surface area contributed by atoms with E-state index in [0.29, 0.717) is 0 Å². The number of fused-ring (bicyclic) bond motifs is 1. The summed E-state index contributed by atoms with van der Waals surface area (Å²) in [4.78, 5) is 22.1. The Labute approximate surface area is 126 Å². The Kier molecular flexibility index (Phi) is 4.96. The van der Waals surface area contributed by atoms with E-state index in [1.807, 2.05) is 0 Å². The van der Waals surface area contributed by atoms with Crippen LogP contribution in [0, 0.1) is 0 Å². The second-order valence-electron chi connectivity index (χ2n) is 4.57. The maximum absolute atomic E-state index is 11.2. The summed E-state index contributed by atoms with van der Waals surface area (Å²) in [7, 11) is 1.40. The number of thiocarbonyl (C=S) groups is 1. The molecule has 0 N–H and O–H groups in total. The molecule has 0 aromatic rings. The molecule has 2 saturated heterocycles. The molecule has 8 nitrogen and oxygen atoms in total. The third-order valence-corrected chi connectivity index (χ3v) is 3.23. The Morgan fingerprint density at radius 3 is 2.43 bits per heavy atom. The average molecular weight is 320 g/mol. The topological polar surface area (TPSA) is 89.5 Å². The van der Waals surface area contributed by atoms with Crippen molar-refractivity contribution in [3.8, 4) is 0 Å². The molecular formula is C12H16O8S. The van der Waals surface area contributed by atoms with Gasteiger partial charge in [-0.05, 0) is 0 Å². The SMILES string of the molecule is CO[C@@H]1O[C@H](COC(C)=O)[C@@H]2OC(=S)O[C@@H]2[C@H]1OC(C)=O. The largest absolute Gasteiger partial charge is 0.463 e. The summed E-state index contributed by atoms with van der Waals surface area (Å²) in [5, 5.41) is -0.0738. The van der Waals surface area contributed by atoms with Crippen molar-refractivity contribution in [3.63, 3.8) is 0 Å². The first-order valence-corrected chi connectivity index (χ1v) is 6.69. The molecule has 9 heteroatoms. The number of carbonyl (C=O) groups excluding carboxylic acids is 2. The van der Waals surface area contributed by atoms with Crippen molar-refractivity contribution >= 4 is 29.4 Å². The lowest BCUT2D eigenvalue weighted by Gasteiger charge is -2.39. The van der Waals surface area contributed by atoms with Crippen molar-refractivity contribution in [2.75, 3.05) is 13.7 Å². The number of carbonyl (C=O) groups is 2. The molecule has 2 heterocycles. The summed E-state index contributed by atoms with van der Waals surface area (Å²) in [6.45, 7) is 2.50. The maximum atomic E-state index is 11.2. The van der Waals surface area contributed by atoms with Crippen LogP contribution in [0.3, 0.4) is 0 Å². The Morgan fingerprint density at radius 1 is 1.19 bits per heavy atom. The highest BCUT2D eigenvalue weighted by Gasteiger charge is 2.55. The Morgan fingerprint density at radius 2 is 1.86 bits per heavy atom. The summed E-state index contributed by atoms with van der Waals surface area (Å²) in [6.07, 6.45) is -3.67. The van der Waals surface area contributed by atoms with Gasteiger partial charge >= 0.3 is 17.2 Å². The third-order valence-electron chi connectivity index (χ3n) is 3.04. The zero-order valence-electron chi connectivity index (χ0n) is 11.8. The molecular weight excluding hydrogens is 304 g/mol. The molecule has 0 radical (unpaired) electrons. The molecule has 0 amide bonds.